The number of fused-ring (bicyclic) bond motifs is 1. The van der Waals surface area contributed by atoms with Crippen molar-refractivity contribution >= 4 is 22.6 Å². The van der Waals surface area contributed by atoms with Crippen molar-refractivity contribution in [1.82, 2.24) is 25.6 Å². The number of carbonyl (C=O) groups is 2. The van der Waals surface area contributed by atoms with Crippen LogP contribution in [-0.4, -0.2) is 39.4 Å². The molecular weight excluding hydrogens is 455 g/mol. The Morgan fingerprint density at radius 1 is 1.03 bits per heavy atom. The summed E-state index contributed by atoms with van der Waals surface area (Å²) in [7, 11) is 0. The first-order valence-electron chi connectivity index (χ1n) is 10.5. The molecule has 0 aliphatic carbocycles. The van der Waals surface area contributed by atoms with Crippen LogP contribution >= 0.6 is 0 Å². The molecule has 0 saturated heterocycles. The van der Waals surface area contributed by atoms with E-state index in [0.29, 0.717) is 23.7 Å². The average molecular weight is 477 g/mol. The summed E-state index contributed by atoms with van der Waals surface area (Å²) in [5, 5.41) is 4.76. The number of nitrogens with one attached hydrogen (secondary N) is 2. The summed E-state index contributed by atoms with van der Waals surface area (Å²) in [6.07, 6.45) is -0.945. The van der Waals surface area contributed by atoms with Gasteiger partial charge in [0, 0.05) is 18.1 Å². The number of aryl methyl sites for hydroxylation is 1. The van der Waals surface area contributed by atoms with Crippen molar-refractivity contribution in [3.63, 3.8) is 0 Å². The number of rotatable bonds is 8. The lowest BCUT2D eigenvalue weighted by atomic mass is 10.1. The molecule has 2 aromatic heterocycles. The molecular formula is C22H22F3N5O4. The second-order valence-corrected chi connectivity index (χ2v) is 7.30. The molecule has 0 unspecified atom stereocenters. The van der Waals surface area contributed by atoms with Crippen LogP contribution in [-0.2, 0) is 6.54 Å². The average Bonchev–Trinajstić information content (AvgIpc) is 2.82. The zero-order valence-corrected chi connectivity index (χ0v) is 18.2. The standard InChI is InChI=1S/C22H22F3N5O4/c1-2-3-6-12-30-21(33)15-9-5-4-8-14(15)17(29-30)19(32)28-27-18(31)16-10-7-11-26-20(16)34-13-22(23,24)25/h4-5,7-11H,2-3,6,12-13H2,1H3,(H,27,31)(H,28,32). The van der Waals surface area contributed by atoms with Gasteiger partial charge in [-0.1, -0.05) is 38.0 Å². The quantitative estimate of drug-likeness (QED) is 0.381. The third-order valence-electron chi connectivity index (χ3n) is 4.73. The molecule has 0 bridgehead atoms. The highest BCUT2D eigenvalue weighted by molar-refractivity contribution is 6.06. The molecule has 2 N–H and O–H groups in total. The highest BCUT2D eigenvalue weighted by Crippen LogP contribution is 2.20. The number of amides is 2. The predicted octanol–water partition coefficient (Wildman–Crippen LogP) is 3.00. The molecule has 0 saturated carbocycles. The molecule has 1 aromatic carbocycles. The second-order valence-electron chi connectivity index (χ2n) is 7.30. The van der Waals surface area contributed by atoms with Crippen molar-refractivity contribution in [2.24, 2.45) is 0 Å². The number of alkyl halides is 3. The van der Waals surface area contributed by atoms with Crippen LogP contribution < -0.4 is 21.1 Å². The van der Waals surface area contributed by atoms with Crippen molar-refractivity contribution < 1.29 is 27.5 Å². The third kappa shape index (κ3) is 6.09. The summed E-state index contributed by atoms with van der Waals surface area (Å²) in [4.78, 5) is 41.7. The lowest BCUT2D eigenvalue weighted by molar-refractivity contribution is -0.154. The van der Waals surface area contributed by atoms with E-state index in [9.17, 15) is 27.6 Å². The Hall–Kier alpha value is -3.96. The maximum Gasteiger partial charge on any atom is 0.422 e. The van der Waals surface area contributed by atoms with Crippen LogP contribution in [0.15, 0.2) is 47.4 Å². The van der Waals surface area contributed by atoms with Crippen molar-refractivity contribution in [3.05, 3.63) is 64.2 Å². The number of hydrogen-bond acceptors (Lipinski definition) is 6. The van der Waals surface area contributed by atoms with Gasteiger partial charge in [-0.3, -0.25) is 25.2 Å². The third-order valence-corrected chi connectivity index (χ3v) is 4.73. The molecule has 0 aliphatic heterocycles. The molecule has 3 aromatic rings. The molecule has 12 heteroatoms. The summed E-state index contributed by atoms with van der Waals surface area (Å²) in [5.74, 6) is -2.30. The van der Waals surface area contributed by atoms with E-state index in [0.717, 1.165) is 12.8 Å². The van der Waals surface area contributed by atoms with Crippen molar-refractivity contribution in [2.45, 2.75) is 38.9 Å². The SMILES string of the molecule is CCCCCn1nc(C(=O)NNC(=O)c2cccnc2OCC(F)(F)F)c2ccccc2c1=O. The fourth-order valence-corrected chi connectivity index (χ4v) is 3.13. The van der Waals surface area contributed by atoms with E-state index in [2.05, 4.69) is 25.7 Å². The highest BCUT2D eigenvalue weighted by atomic mass is 19.4. The second kappa shape index (κ2) is 10.8. The van der Waals surface area contributed by atoms with Crippen LogP contribution in [0.4, 0.5) is 13.2 Å². The number of aromatic nitrogens is 3. The molecule has 0 aliphatic rings. The summed E-state index contributed by atoms with van der Waals surface area (Å²) in [6.45, 7) is 0.700. The Labute approximate surface area is 191 Å². The molecule has 9 nitrogen and oxygen atoms in total. The molecule has 0 spiro atoms. The minimum Gasteiger partial charge on any atom is -0.467 e. The van der Waals surface area contributed by atoms with E-state index in [1.54, 1.807) is 24.3 Å². The van der Waals surface area contributed by atoms with E-state index in [-0.39, 0.29) is 16.8 Å². The monoisotopic (exact) mass is 477 g/mol. The van der Waals surface area contributed by atoms with Gasteiger partial charge in [-0.05, 0) is 24.6 Å². The molecule has 180 valence electrons. The molecule has 34 heavy (non-hydrogen) atoms. The largest absolute Gasteiger partial charge is 0.467 e. The zero-order chi connectivity index (χ0) is 24.7. The molecule has 0 radical (unpaired) electrons. The normalized spacial score (nSPS) is 11.3. The summed E-state index contributed by atoms with van der Waals surface area (Å²) in [6, 6.07) is 8.96. The lowest BCUT2D eigenvalue weighted by Gasteiger charge is -2.13. The summed E-state index contributed by atoms with van der Waals surface area (Å²) in [5.41, 5.74) is 3.56. The Bertz CT molecular complexity index is 1240. The number of ether oxygens (including phenoxy) is 1. The van der Waals surface area contributed by atoms with Crippen molar-refractivity contribution in [1.29, 1.82) is 0 Å². The minimum atomic E-state index is -4.62. The number of carbonyl (C=O) groups excluding carboxylic acids is 2. The van der Waals surface area contributed by atoms with Gasteiger partial charge in [-0.15, -0.1) is 0 Å². The topological polar surface area (TPSA) is 115 Å². The maximum absolute atomic E-state index is 12.8. The number of hydrazine groups is 1. The van der Waals surface area contributed by atoms with Crippen molar-refractivity contribution in [3.8, 4) is 5.88 Å². The fraction of sp³-hybridized carbons (Fsp3) is 0.318. The Kier molecular flexibility index (Phi) is 7.82. The molecule has 0 fully saturated rings. The maximum atomic E-state index is 12.8. The van der Waals surface area contributed by atoms with Gasteiger partial charge in [0.2, 0.25) is 5.88 Å². The highest BCUT2D eigenvalue weighted by Gasteiger charge is 2.29. The summed E-state index contributed by atoms with van der Waals surface area (Å²) < 4.78 is 43.2. The van der Waals surface area contributed by atoms with Crippen LogP contribution in [0.1, 0.15) is 47.0 Å². The van der Waals surface area contributed by atoms with Gasteiger partial charge in [-0.2, -0.15) is 18.3 Å². The minimum absolute atomic E-state index is 0.0910. The van der Waals surface area contributed by atoms with E-state index < -0.39 is 30.5 Å². The number of benzene rings is 1. The predicted molar refractivity (Wildman–Crippen MR) is 116 cm³/mol. The van der Waals surface area contributed by atoms with Gasteiger partial charge < -0.3 is 4.74 Å². The van der Waals surface area contributed by atoms with Crippen LogP contribution in [0.3, 0.4) is 0 Å². The first-order valence-corrected chi connectivity index (χ1v) is 10.5. The lowest BCUT2D eigenvalue weighted by Crippen LogP contribution is -2.43. The number of hydrogen-bond donors (Lipinski definition) is 2. The van der Waals surface area contributed by atoms with Gasteiger partial charge in [0.25, 0.3) is 17.4 Å². The van der Waals surface area contributed by atoms with E-state index in [4.69, 9.17) is 0 Å². The van der Waals surface area contributed by atoms with Crippen LogP contribution in [0, 0.1) is 0 Å². The van der Waals surface area contributed by atoms with Gasteiger partial charge in [0.15, 0.2) is 12.3 Å². The number of unbranched alkanes of at least 4 members (excludes halogenated alkanes) is 2. The molecule has 2 heterocycles. The zero-order valence-electron chi connectivity index (χ0n) is 18.2. The number of nitrogens with zero attached hydrogens (tertiary/aromatic N) is 3. The van der Waals surface area contributed by atoms with Crippen molar-refractivity contribution in [2.75, 3.05) is 6.61 Å². The van der Waals surface area contributed by atoms with E-state index >= 15 is 0 Å². The first-order chi connectivity index (χ1) is 16.2. The van der Waals surface area contributed by atoms with Crippen LogP contribution in [0.2, 0.25) is 0 Å². The fourth-order valence-electron chi connectivity index (χ4n) is 3.13. The van der Waals surface area contributed by atoms with Crippen LogP contribution in [0.5, 0.6) is 5.88 Å². The van der Waals surface area contributed by atoms with Crippen LogP contribution in [0.25, 0.3) is 10.8 Å². The van der Waals surface area contributed by atoms with E-state index in [1.165, 1.54) is 23.0 Å². The molecule has 2 amide bonds. The van der Waals surface area contributed by atoms with Gasteiger partial charge in [-0.25, -0.2) is 9.67 Å². The van der Waals surface area contributed by atoms with Gasteiger partial charge >= 0.3 is 6.18 Å². The summed E-state index contributed by atoms with van der Waals surface area (Å²) >= 11 is 0. The smallest absolute Gasteiger partial charge is 0.422 e. The number of halogens is 3. The Morgan fingerprint density at radius 2 is 1.74 bits per heavy atom. The molecule has 3 rings (SSSR count). The first kappa shape index (κ1) is 24.7. The van der Waals surface area contributed by atoms with Gasteiger partial charge in [0.05, 0.1) is 5.39 Å². The Balaban J connectivity index is 1.80. The van der Waals surface area contributed by atoms with Gasteiger partial charge in [0.1, 0.15) is 5.56 Å². The van der Waals surface area contributed by atoms with E-state index in [1.807, 2.05) is 6.92 Å². The molecule has 0 atom stereocenters. The Morgan fingerprint density at radius 3 is 2.44 bits per heavy atom. The number of pyridine rings is 1.